The number of likely N-dealkylation sites (tertiary alicyclic amines) is 1. The van der Waals surface area contributed by atoms with Crippen LogP contribution >= 0.6 is 34.8 Å². The van der Waals surface area contributed by atoms with Crippen molar-refractivity contribution < 1.29 is 14.7 Å². The highest BCUT2D eigenvalue weighted by atomic mass is 35.5. The summed E-state index contributed by atoms with van der Waals surface area (Å²) in [4.78, 5) is 26.7. The fourth-order valence-corrected chi connectivity index (χ4v) is 4.71. The van der Waals surface area contributed by atoms with Crippen LogP contribution in [0.15, 0.2) is 66.7 Å². The van der Waals surface area contributed by atoms with Gasteiger partial charge >= 0.3 is 5.97 Å². The van der Waals surface area contributed by atoms with Crippen LogP contribution in [-0.4, -0.2) is 27.9 Å². The van der Waals surface area contributed by atoms with E-state index in [2.05, 4.69) is 0 Å². The van der Waals surface area contributed by atoms with Gasteiger partial charge in [-0.3, -0.25) is 4.79 Å². The van der Waals surface area contributed by atoms with Gasteiger partial charge < -0.3 is 10.0 Å². The van der Waals surface area contributed by atoms with Crippen molar-refractivity contribution in [2.75, 3.05) is 0 Å². The van der Waals surface area contributed by atoms with E-state index in [1.807, 2.05) is 12.1 Å². The van der Waals surface area contributed by atoms with Crippen LogP contribution in [0.25, 0.3) is 11.1 Å². The number of benzene rings is 3. The van der Waals surface area contributed by atoms with Crippen LogP contribution in [0.3, 0.4) is 0 Å². The molecule has 2 atom stereocenters. The molecule has 0 saturated carbocycles. The Balaban J connectivity index is 1.68. The molecule has 1 fully saturated rings. The van der Waals surface area contributed by atoms with Crippen molar-refractivity contribution in [1.29, 1.82) is 0 Å². The largest absolute Gasteiger partial charge is 0.480 e. The van der Waals surface area contributed by atoms with Crippen LogP contribution in [0.5, 0.6) is 0 Å². The Morgan fingerprint density at radius 1 is 0.871 bits per heavy atom. The second-order valence-corrected chi connectivity index (χ2v) is 8.63. The summed E-state index contributed by atoms with van der Waals surface area (Å²) in [7, 11) is 0. The fourth-order valence-electron chi connectivity index (χ4n) is 4.05. The van der Waals surface area contributed by atoms with Crippen molar-refractivity contribution >= 4 is 46.7 Å². The lowest BCUT2D eigenvalue weighted by Crippen LogP contribution is -2.41. The van der Waals surface area contributed by atoms with Crippen LogP contribution < -0.4 is 0 Å². The number of carboxylic acid groups (broad SMARTS) is 1. The molecule has 0 bridgehead atoms. The van der Waals surface area contributed by atoms with Gasteiger partial charge in [0.25, 0.3) is 5.91 Å². The first-order valence-electron chi connectivity index (χ1n) is 9.72. The van der Waals surface area contributed by atoms with E-state index in [9.17, 15) is 14.7 Å². The Morgan fingerprint density at radius 2 is 1.58 bits per heavy atom. The Labute approximate surface area is 195 Å². The first-order chi connectivity index (χ1) is 14.9. The van der Waals surface area contributed by atoms with Crippen LogP contribution in [0.2, 0.25) is 15.1 Å². The number of aliphatic carboxylic acids is 1. The number of carboxylic acids is 1. The van der Waals surface area contributed by atoms with Gasteiger partial charge in [-0.05, 0) is 60.4 Å². The number of nitrogens with zero attached hydrogens (tertiary/aromatic N) is 1. The molecule has 1 aliphatic rings. The van der Waals surface area contributed by atoms with Gasteiger partial charge in [-0.1, -0.05) is 65.1 Å². The van der Waals surface area contributed by atoms with Gasteiger partial charge in [0, 0.05) is 26.2 Å². The lowest BCUT2D eigenvalue weighted by molar-refractivity contribution is -0.141. The Hall–Kier alpha value is -2.53. The molecule has 7 heteroatoms. The van der Waals surface area contributed by atoms with Gasteiger partial charge in [-0.2, -0.15) is 0 Å². The Morgan fingerprint density at radius 3 is 2.26 bits per heavy atom. The van der Waals surface area contributed by atoms with Gasteiger partial charge in [0.05, 0.1) is 6.04 Å². The summed E-state index contributed by atoms with van der Waals surface area (Å²) in [5.41, 5.74) is 2.71. The van der Waals surface area contributed by atoms with Crippen LogP contribution in [0, 0.1) is 0 Å². The van der Waals surface area contributed by atoms with E-state index in [0.717, 1.165) is 16.7 Å². The predicted octanol–water partition coefficient (Wildman–Crippen LogP) is 6.74. The third kappa shape index (κ3) is 4.29. The minimum atomic E-state index is -1.02. The van der Waals surface area contributed by atoms with Crippen molar-refractivity contribution in [3.05, 3.63) is 92.9 Å². The topological polar surface area (TPSA) is 57.6 Å². The zero-order chi connectivity index (χ0) is 22.1. The van der Waals surface area contributed by atoms with E-state index in [-0.39, 0.29) is 5.91 Å². The maximum absolute atomic E-state index is 13.4. The summed E-state index contributed by atoms with van der Waals surface area (Å²) in [6.45, 7) is 0. The summed E-state index contributed by atoms with van der Waals surface area (Å²) in [6.07, 6.45) is 0.899. The first kappa shape index (κ1) is 21.7. The van der Waals surface area contributed by atoms with Gasteiger partial charge in [0.2, 0.25) is 0 Å². The number of carbonyl (C=O) groups is 2. The van der Waals surface area contributed by atoms with E-state index in [0.29, 0.717) is 33.5 Å². The van der Waals surface area contributed by atoms with Gasteiger partial charge in [0.1, 0.15) is 6.04 Å². The number of carbonyl (C=O) groups excluding carboxylic acids is 1. The summed E-state index contributed by atoms with van der Waals surface area (Å²) >= 11 is 18.7. The fraction of sp³-hybridized carbons (Fsp3) is 0.167. The SMILES string of the molecule is O=C(O)[C@@H]1CCC(c2ccccc2Cl)N1C(=O)c1ccc(-c2cc(Cl)ccc2Cl)cc1. The van der Waals surface area contributed by atoms with E-state index in [1.54, 1.807) is 54.6 Å². The first-order valence-corrected chi connectivity index (χ1v) is 10.9. The smallest absolute Gasteiger partial charge is 0.326 e. The molecule has 1 aliphatic heterocycles. The quantitative estimate of drug-likeness (QED) is 0.455. The average Bonchev–Trinajstić information content (AvgIpc) is 3.20. The molecule has 31 heavy (non-hydrogen) atoms. The van der Waals surface area contributed by atoms with Gasteiger partial charge in [-0.25, -0.2) is 4.79 Å². The third-order valence-electron chi connectivity index (χ3n) is 5.54. The van der Waals surface area contributed by atoms with Crippen LogP contribution in [0.1, 0.15) is 34.8 Å². The van der Waals surface area contributed by atoms with Crippen molar-refractivity contribution in [2.45, 2.75) is 24.9 Å². The molecule has 0 radical (unpaired) electrons. The van der Waals surface area contributed by atoms with Crippen molar-refractivity contribution in [3.8, 4) is 11.1 Å². The summed E-state index contributed by atoms with van der Waals surface area (Å²) in [5.74, 6) is -1.37. The van der Waals surface area contributed by atoms with E-state index >= 15 is 0 Å². The van der Waals surface area contributed by atoms with Crippen molar-refractivity contribution in [3.63, 3.8) is 0 Å². The third-order valence-corrected chi connectivity index (χ3v) is 6.45. The molecule has 1 heterocycles. The number of hydrogen-bond acceptors (Lipinski definition) is 2. The number of amides is 1. The molecule has 3 aromatic rings. The zero-order valence-electron chi connectivity index (χ0n) is 16.3. The second-order valence-electron chi connectivity index (χ2n) is 7.38. The van der Waals surface area contributed by atoms with E-state index in [4.69, 9.17) is 34.8 Å². The van der Waals surface area contributed by atoms with E-state index < -0.39 is 18.1 Å². The predicted molar refractivity (Wildman–Crippen MR) is 123 cm³/mol. The Bertz CT molecular complexity index is 1150. The monoisotopic (exact) mass is 473 g/mol. The summed E-state index contributed by atoms with van der Waals surface area (Å²) in [6, 6.07) is 18.0. The zero-order valence-corrected chi connectivity index (χ0v) is 18.5. The average molecular weight is 475 g/mol. The second kappa shape index (κ2) is 8.91. The highest BCUT2D eigenvalue weighted by molar-refractivity contribution is 6.35. The summed E-state index contributed by atoms with van der Waals surface area (Å²) in [5, 5.41) is 11.3. The molecular formula is C24H18Cl3NO3. The number of halogens is 3. The molecule has 1 saturated heterocycles. The van der Waals surface area contributed by atoms with Crippen LogP contribution in [-0.2, 0) is 4.79 Å². The van der Waals surface area contributed by atoms with Crippen molar-refractivity contribution in [1.82, 2.24) is 4.90 Å². The number of rotatable bonds is 4. The lowest BCUT2D eigenvalue weighted by atomic mass is 10.0. The molecule has 158 valence electrons. The number of hydrogen-bond donors (Lipinski definition) is 1. The molecule has 1 amide bonds. The molecule has 0 spiro atoms. The maximum atomic E-state index is 13.4. The Kier molecular flexibility index (Phi) is 6.24. The summed E-state index contributed by atoms with van der Waals surface area (Å²) < 4.78 is 0. The minimum absolute atomic E-state index is 0.349. The maximum Gasteiger partial charge on any atom is 0.326 e. The highest BCUT2D eigenvalue weighted by Gasteiger charge is 2.42. The molecule has 4 rings (SSSR count). The van der Waals surface area contributed by atoms with E-state index in [1.165, 1.54) is 4.90 Å². The molecular weight excluding hydrogens is 457 g/mol. The van der Waals surface area contributed by atoms with Gasteiger partial charge in [-0.15, -0.1) is 0 Å². The highest BCUT2D eigenvalue weighted by Crippen LogP contribution is 2.40. The normalized spacial score (nSPS) is 18.2. The molecule has 0 aromatic heterocycles. The lowest BCUT2D eigenvalue weighted by Gasteiger charge is -2.29. The minimum Gasteiger partial charge on any atom is -0.480 e. The molecule has 0 aliphatic carbocycles. The van der Waals surface area contributed by atoms with Crippen LogP contribution in [0.4, 0.5) is 0 Å². The molecule has 3 aromatic carbocycles. The van der Waals surface area contributed by atoms with Gasteiger partial charge in [0.15, 0.2) is 0 Å². The molecule has 1 unspecified atom stereocenters. The standard InChI is InChI=1S/C24H18Cl3NO3/c25-16-9-10-20(27)18(13-16)14-5-7-15(8-6-14)23(29)28-21(11-12-22(28)24(30)31)17-3-1-2-4-19(17)26/h1-10,13,21-22H,11-12H2,(H,30,31)/t21?,22-/m0/s1. The molecule has 1 N–H and O–H groups in total. The van der Waals surface area contributed by atoms with Crippen molar-refractivity contribution in [2.24, 2.45) is 0 Å². The molecule has 4 nitrogen and oxygen atoms in total.